The lowest BCUT2D eigenvalue weighted by Crippen LogP contribution is -2.29. The highest BCUT2D eigenvalue weighted by molar-refractivity contribution is 9.10. The van der Waals surface area contributed by atoms with E-state index in [9.17, 15) is 14.7 Å². The van der Waals surface area contributed by atoms with Gasteiger partial charge in [0.05, 0.1) is 11.4 Å². The third kappa shape index (κ3) is 8.11. The number of allylic oxidation sites excluding steroid dienone is 1. The zero-order valence-electron chi connectivity index (χ0n) is 21.1. The molecule has 0 saturated heterocycles. The van der Waals surface area contributed by atoms with Crippen LogP contribution in [0.15, 0.2) is 83.4 Å². The number of phenolic OH excluding ortho intramolecular Hbond substituents is 1. The average molecular weight is 566 g/mol. The van der Waals surface area contributed by atoms with Crippen LogP contribution in [0.4, 0.5) is 21.9 Å². The van der Waals surface area contributed by atoms with Crippen molar-refractivity contribution >= 4 is 45.0 Å². The fourth-order valence-corrected chi connectivity index (χ4v) is 4.21. The van der Waals surface area contributed by atoms with Crippen LogP contribution in [-0.4, -0.2) is 17.1 Å². The highest BCUT2D eigenvalue weighted by Crippen LogP contribution is 2.44. The minimum atomic E-state index is -0.762. The number of rotatable bonds is 9. The van der Waals surface area contributed by atoms with Crippen LogP contribution in [0.3, 0.4) is 0 Å². The minimum absolute atomic E-state index is 0.0276. The molecule has 7 nitrogen and oxygen atoms in total. The van der Waals surface area contributed by atoms with Gasteiger partial charge in [-0.3, -0.25) is 10.1 Å². The Labute approximate surface area is 225 Å². The zero-order valence-corrected chi connectivity index (χ0v) is 22.7. The van der Waals surface area contributed by atoms with Crippen LogP contribution in [0, 0.1) is 12.3 Å². The second-order valence-electron chi connectivity index (χ2n) is 9.49. The smallest absolute Gasteiger partial charge is 0.412 e. The number of anilines is 3. The first-order valence-electron chi connectivity index (χ1n) is 11.9. The summed E-state index contributed by atoms with van der Waals surface area (Å²) in [7, 11) is 0. The Kier molecular flexibility index (Phi) is 9.36. The van der Waals surface area contributed by atoms with Gasteiger partial charge in [0.25, 0.3) is 0 Å². The summed E-state index contributed by atoms with van der Waals surface area (Å²) in [6.45, 7) is 5.87. The Hall–Kier alpha value is -3.78. The fraction of sp³-hybridized carbons (Fsp3) is 0.241. The van der Waals surface area contributed by atoms with Gasteiger partial charge in [-0.25, -0.2) is 4.79 Å². The van der Waals surface area contributed by atoms with Crippen LogP contribution in [-0.2, 0) is 9.53 Å². The molecule has 1 atom stereocenters. The Morgan fingerprint density at radius 2 is 1.78 bits per heavy atom. The van der Waals surface area contributed by atoms with Crippen LogP contribution in [0.2, 0.25) is 0 Å². The number of hydrogen-bond acceptors (Lipinski definition) is 5. The molecule has 3 rings (SSSR count). The minimum Gasteiger partial charge on any atom is -0.508 e. The standard InChI is InChI=1S/C29H32BrN3O4/c1-19-11-14-21(15-12-19)32-28(36)37-27(22-18-20(30)13-16-25(22)34)29(2,3)17-7-6-10-26(35)33-24-9-5-4-8-23(24)31/h4-6,8-16,18,27,34H,7,17,31H2,1-3H3,(H,32,36)(H,33,35)/b10-6+/t27-/m1/s1. The summed E-state index contributed by atoms with van der Waals surface area (Å²) in [6, 6.07) is 19.5. The van der Waals surface area contributed by atoms with Gasteiger partial charge in [-0.15, -0.1) is 0 Å². The summed E-state index contributed by atoms with van der Waals surface area (Å²) < 4.78 is 6.64. The van der Waals surface area contributed by atoms with E-state index >= 15 is 0 Å². The van der Waals surface area contributed by atoms with Gasteiger partial charge in [0, 0.05) is 21.1 Å². The molecule has 0 bridgehead atoms. The number of benzene rings is 3. The monoisotopic (exact) mass is 565 g/mol. The van der Waals surface area contributed by atoms with E-state index in [4.69, 9.17) is 10.5 Å². The normalized spacial score (nSPS) is 12.2. The topological polar surface area (TPSA) is 114 Å². The Morgan fingerprint density at radius 3 is 2.49 bits per heavy atom. The molecule has 0 heterocycles. The Bertz CT molecular complexity index is 1270. The van der Waals surface area contributed by atoms with Crippen molar-refractivity contribution in [1.29, 1.82) is 0 Å². The largest absolute Gasteiger partial charge is 0.508 e. The fourth-order valence-electron chi connectivity index (χ4n) is 3.83. The van der Waals surface area contributed by atoms with E-state index in [-0.39, 0.29) is 11.7 Å². The Balaban J connectivity index is 1.71. The molecule has 0 aliphatic heterocycles. The summed E-state index contributed by atoms with van der Waals surface area (Å²) in [5.74, 6) is -0.259. The predicted octanol–water partition coefficient (Wildman–Crippen LogP) is 7.34. The highest BCUT2D eigenvalue weighted by Gasteiger charge is 2.35. The van der Waals surface area contributed by atoms with Crippen molar-refractivity contribution in [3.05, 3.63) is 94.5 Å². The maximum absolute atomic E-state index is 12.8. The number of para-hydroxylation sites is 2. The third-order valence-electron chi connectivity index (χ3n) is 5.95. The second kappa shape index (κ2) is 12.5. The molecule has 8 heteroatoms. The second-order valence-corrected chi connectivity index (χ2v) is 10.4. The number of nitrogens with one attached hydrogen (secondary N) is 2. The van der Waals surface area contributed by atoms with Gasteiger partial charge >= 0.3 is 6.09 Å². The van der Waals surface area contributed by atoms with Crippen molar-refractivity contribution in [2.45, 2.75) is 39.7 Å². The first-order valence-corrected chi connectivity index (χ1v) is 12.7. The molecule has 194 valence electrons. The molecule has 2 amide bonds. The van der Waals surface area contributed by atoms with E-state index in [1.807, 2.05) is 32.9 Å². The predicted molar refractivity (Wildman–Crippen MR) is 151 cm³/mol. The summed E-state index contributed by atoms with van der Waals surface area (Å²) in [5, 5.41) is 16.1. The summed E-state index contributed by atoms with van der Waals surface area (Å²) in [4.78, 5) is 25.1. The third-order valence-corrected chi connectivity index (χ3v) is 6.44. The van der Waals surface area contributed by atoms with Crippen LogP contribution >= 0.6 is 15.9 Å². The van der Waals surface area contributed by atoms with Crippen molar-refractivity contribution in [2.24, 2.45) is 5.41 Å². The van der Waals surface area contributed by atoms with Gasteiger partial charge in [0.15, 0.2) is 0 Å². The molecule has 5 N–H and O–H groups in total. The average Bonchev–Trinajstić information content (AvgIpc) is 2.85. The number of nitrogen functional groups attached to an aromatic ring is 1. The SMILES string of the molecule is Cc1ccc(NC(=O)O[C@H](c2cc(Br)ccc2O)C(C)(C)CC/C=C/C(=O)Nc2ccccc2N)cc1. The van der Waals surface area contributed by atoms with Crippen LogP contribution < -0.4 is 16.4 Å². The number of hydrogen-bond donors (Lipinski definition) is 4. The van der Waals surface area contributed by atoms with Gasteiger partial charge in [-0.1, -0.05) is 65.7 Å². The van der Waals surface area contributed by atoms with Gasteiger partial charge < -0.3 is 20.9 Å². The molecular weight excluding hydrogens is 534 g/mol. The van der Waals surface area contributed by atoms with Crippen LogP contribution in [0.1, 0.15) is 43.9 Å². The number of halogens is 1. The van der Waals surface area contributed by atoms with Crippen molar-refractivity contribution < 1.29 is 19.4 Å². The zero-order chi connectivity index (χ0) is 27.0. The van der Waals surface area contributed by atoms with Crippen LogP contribution in [0.25, 0.3) is 0 Å². The van der Waals surface area contributed by atoms with Gasteiger partial charge in [-0.05, 0) is 68.3 Å². The maximum Gasteiger partial charge on any atom is 0.412 e. The first-order chi connectivity index (χ1) is 17.5. The summed E-state index contributed by atoms with van der Waals surface area (Å²) >= 11 is 3.44. The number of carbonyl (C=O) groups excluding carboxylic acids is 2. The lowest BCUT2D eigenvalue weighted by molar-refractivity contribution is -0.111. The quantitative estimate of drug-likeness (QED) is 0.160. The van der Waals surface area contributed by atoms with Gasteiger partial charge in [0.1, 0.15) is 11.9 Å². The number of phenols is 1. The summed E-state index contributed by atoms with van der Waals surface area (Å²) in [5.41, 5.74) is 8.50. The van der Waals surface area contributed by atoms with E-state index in [1.54, 1.807) is 60.7 Å². The van der Waals surface area contributed by atoms with E-state index < -0.39 is 17.6 Å². The molecule has 0 saturated carbocycles. The van der Waals surface area contributed by atoms with Crippen LogP contribution in [0.5, 0.6) is 5.75 Å². The molecule has 0 aliphatic rings. The Morgan fingerprint density at radius 1 is 1.08 bits per heavy atom. The van der Waals surface area contributed by atoms with Gasteiger partial charge in [0.2, 0.25) is 5.91 Å². The number of ether oxygens (including phenoxy) is 1. The molecule has 0 aliphatic carbocycles. The van der Waals surface area contributed by atoms with Crippen molar-refractivity contribution in [3.63, 3.8) is 0 Å². The van der Waals surface area contributed by atoms with E-state index in [1.165, 1.54) is 6.08 Å². The molecule has 0 unspecified atom stereocenters. The molecule has 0 aromatic heterocycles. The first kappa shape index (κ1) is 27.8. The number of aryl methyl sites for hydroxylation is 1. The summed E-state index contributed by atoms with van der Waals surface area (Å²) in [6.07, 6.45) is 2.94. The highest BCUT2D eigenvalue weighted by atomic mass is 79.9. The van der Waals surface area contributed by atoms with E-state index in [0.717, 1.165) is 10.0 Å². The van der Waals surface area contributed by atoms with E-state index in [2.05, 4.69) is 26.6 Å². The number of nitrogens with two attached hydrogens (primary N) is 1. The van der Waals surface area contributed by atoms with E-state index in [0.29, 0.717) is 35.5 Å². The number of amides is 2. The number of aromatic hydroxyl groups is 1. The van der Waals surface area contributed by atoms with Crippen molar-refractivity contribution in [3.8, 4) is 5.75 Å². The molecule has 3 aromatic carbocycles. The molecule has 3 aromatic rings. The maximum atomic E-state index is 12.8. The molecular formula is C29H32BrN3O4. The molecule has 0 radical (unpaired) electrons. The lowest BCUT2D eigenvalue weighted by atomic mass is 9.78. The van der Waals surface area contributed by atoms with Crippen molar-refractivity contribution in [1.82, 2.24) is 0 Å². The molecule has 37 heavy (non-hydrogen) atoms. The number of carbonyl (C=O) groups is 2. The van der Waals surface area contributed by atoms with Crippen molar-refractivity contribution in [2.75, 3.05) is 16.4 Å². The molecule has 0 spiro atoms. The lowest BCUT2D eigenvalue weighted by Gasteiger charge is -2.34. The molecule has 0 fully saturated rings. The van der Waals surface area contributed by atoms with Gasteiger partial charge in [-0.2, -0.15) is 0 Å².